The fourth-order valence-electron chi connectivity index (χ4n) is 3.57. The Morgan fingerprint density at radius 1 is 1.03 bits per heavy atom. The van der Waals surface area contributed by atoms with E-state index in [1.54, 1.807) is 37.3 Å². The molecular weight excluding hydrogens is 412 g/mol. The van der Waals surface area contributed by atoms with Gasteiger partial charge in [-0.2, -0.15) is 0 Å². The lowest BCUT2D eigenvalue weighted by Crippen LogP contribution is -2.27. The summed E-state index contributed by atoms with van der Waals surface area (Å²) < 4.78 is 34.8. The van der Waals surface area contributed by atoms with Crippen LogP contribution in [0.2, 0.25) is 0 Å². The lowest BCUT2D eigenvalue weighted by Gasteiger charge is -2.17. The number of amides is 1. The number of hydrogen-bond donors (Lipinski definition) is 2. The van der Waals surface area contributed by atoms with Crippen molar-refractivity contribution in [2.24, 2.45) is 5.92 Å². The molecule has 31 heavy (non-hydrogen) atoms. The summed E-state index contributed by atoms with van der Waals surface area (Å²) in [4.78, 5) is 12.1. The fourth-order valence-corrected chi connectivity index (χ4v) is 5.01. The van der Waals surface area contributed by atoms with Crippen molar-refractivity contribution in [1.82, 2.24) is 4.72 Å². The Bertz CT molecular complexity index is 1200. The van der Waals surface area contributed by atoms with E-state index in [2.05, 4.69) is 10.0 Å². The summed E-state index contributed by atoms with van der Waals surface area (Å²) in [5.74, 6) is 0.840. The first-order chi connectivity index (χ1) is 14.9. The van der Waals surface area contributed by atoms with Crippen molar-refractivity contribution in [2.45, 2.75) is 37.6 Å². The third-order valence-electron chi connectivity index (χ3n) is 5.39. The predicted molar refractivity (Wildman–Crippen MR) is 122 cm³/mol. The van der Waals surface area contributed by atoms with Gasteiger partial charge in [-0.3, -0.25) is 4.79 Å². The quantitative estimate of drug-likeness (QED) is 0.537. The molecule has 162 valence electrons. The molecule has 1 unspecified atom stereocenters. The van der Waals surface area contributed by atoms with Gasteiger partial charge in [0.25, 0.3) is 0 Å². The summed E-state index contributed by atoms with van der Waals surface area (Å²) >= 11 is 0. The summed E-state index contributed by atoms with van der Waals surface area (Å²) in [6.07, 6.45) is 1.89. The average molecular weight is 439 g/mol. The fraction of sp³-hybridized carbons (Fsp3) is 0.292. The van der Waals surface area contributed by atoms with Gasteiger partial charge < -0.3 is 10.1 Å². The molecule has 1 aliphatic carbocycles. The van der Waals surface area contributed by atoms with Crippen LogP contribution in [0.15, 0.2) is 65.6 Å². The highest BCUT2D eigenvalue weighted by Gasteiger charge is 2.29. The van der Waals surface area contributed by atoms with Crippen LogP contribution in [0.4, 0.5) is 5.69 Å². The largest absolute Gasteiger partial charge is 0.493 e. The van der Waals surface area contributed by atoms with Gasteiger partial charge in [0.15, 0.2) is 0 Å². The van der Waals surface area contributed by atoms with E-state index >= 15 is 0 Å². The third-order valence-corrected chi connectivity index (χ3v) is 6.99. The molecule has 0 radical (unpaired) electrons. The Morgan fingerprint density at radius 3 is 2.35 bits per heavy atom. The molecule has 2 N–H and O–H groups in total. The highest BCUT2D eigenvalue weighted by atomic mass is 32.2. The van der Waals surface area contributed by atoms with Crippen molar-refractivity contribution in [2.75, 3.05) is 11.9 Å². The summed E-state index contributed by atoms with van der Waals surface area (Å²) in [6, 6.07) is 17.4. The van der Waals surface area contributed by atoms with E-state index in [4.69, 9.17) is 4.74 Å². The molecule has 3 aromatic rings. The molecule has 0 spiro atoms. The number of rotatable bonds is 8. The van der Waals surface area contributed by atoms with Gasteiger partial charge in [-0.25, -0.2) is 13.1 Å². The Kier molecular flexibility index (Phi) is 5.98. The monoisotopic (exact) mass is 438 g/mol. The second kappa shape index (κ2) is 8.69. The van der Waals surface area contributed by atoms with E-state index in [1.165, 1.54) is 0 Å². The van der Waals surface area contributed by atoms with Crippen molar-refractivity contribution in [3.05, 3.63) is 66.2 Å². The molecule has 1 atom stereocenters. The first-order valence-electron chi connectivity index (χ1n) is 10.5. The molecule has 0 aromatic heterocycles. The lowest BCUT2D eigenvalue weighted by molar-refractivity contribution is -0.117. The summed E-state index contributed by atoms with van der Waals surface area (Å²) in [7, 11) is -3.77. The van der Waals surface area contributed by atoms with Gasteiger partial charge in [0.05, 0.1) is 11.5 Å². The van der Waals surface area contributed by atoms with E-state index < -0.39 is 16.1 Å². The topological polar surface area (TPSA) is 84.5 Å². The van der Waals surface area contributed by atoms with Crippen LogP contribution in [0.3, 0.4) is 0 Å². The molecule has 0 heterocycles. The van der Waals surface area contributed by atoms with Crippen LogP contribution in [0.5, 0.6) is 5.75 Å². The van der Waals surface area contributed by atoms with Crippen LogP contribution in [0, 0.1) is 5.92 Å². The molecule has 0 bridgehead atoms. The Balaban J connectivity index is 1.54. The van der Waals surface area contributed by atoms with E-state index in [9.17, 15) is 13.2 Å². The van der Waals surface area contributed by atoms with E-state index in [-0.39, 0.29) is 16.7 Å². The van der Waals surface area contributed by atoms with Gasteiger partial charge in [0.1, 0.15) is 5.75 Å². The van der Waals surface area contributed by atoms with Crippen molar-refractivity contribution >= 4 is 32.4 Å². The standard InChI is InChI=1S/C24H26N2O4S/c1-3-30-22-14-15-23(21-7-5-4-6-20(21)22)31(28,29)26-16(2)17-10-12-19(13-11-17)25-24(27)18-8-9-18/h4-7,10-16,18,26H,3,8-9H2,1-2H3,(H,25,27). The van der Waals surface area contributed by atoms with Gasteiger partial charge in [0.2, 0.25) is 15.9 Å². The Hall–Kier alpha value is -2.90. The minimum Gasteiger partial charge on any atom is -0.493 e. The SMILES string of the molecule is CCOc1ccc(S(=O)(=O)NC(C)c2ccc(NC(=O)C3CC3)cc2)c2ccccc12. The zero-order chi connectivity index (χ0) is 22.0. The minimum atomic E-state index is -3.77. The molecule has 1 fully saturated rings. The van der Waals surface area contributed by atoms with Crippen LogP contribution in [0.1, 0.15) is 38.3 Å². The number of anilines is 1. The Labute approximate surface area is 182 Å². The minimum absolute atomic E-state index is 0.0453. The average Bonchev–Trinajstić information content (AvgIpc) is 3.60. The van der Waals surface area contributed by atoms with Gasteiger partial charge in [-0.15, -0.1) is 0 Å². The number of carbonyl (C=O) groups is 1. The highest BCUT2D eigenvalue weighted by molar-refractivity contribution is 7.89. The molecule has 4 rings (SSSR count). The van der Waals surface area contributed by atoms with Gasteiger partial charge >= 0.3 is 0 Å². The highest BCUT2D eigenvalue weighted by Crippen LogP contribution is 2.32. The number of ether oxygens (including phenoxy) is 1. The molecule has 6 nitrogen and oxygen atoms in total. The maximum atomic E-state index is 13.2. The van der Waals surface area contributed by atoms with Crippen molar-refractivity contribution in [1.29, 1.82) is 0 Å². The summed E-state index contributed by atoms with van der Waals surface area (Å²) in [5, 5.41) is 4.27. The predicted octanol–water partition coefficient (Wildman–Crippen LogP) is 4.63. The van der Waals surface area contributed by atoms with Gasteiger partial charge in [0, 0.05) is 28.4 Å². The number of sulfonamides is 1. The smallest absolute Gasteiger partial charge is 0.241 e. The third kappa shape index (κ3) is 4.73. The number of fused-ring (bicyclic) bond motifs is 1. The van der Waals surface area contributed by atoms with Crippen molar-refractivity contribution in [3.63, 3.8) is 0 Å². The second-order valence-electron chi connectivity index (χ2n) is 7.77. The van der Waals surface area contributed by atoms with Gasteiger partial charge in [-0.05, 0) is 56.5 Å². The lowest BCUT2D eigenvalue weighted by atomic mass is 10.1. The second-order valence-corrected chi connectivity index (χ2v) is 9.45. The maximum absolute atomic E-state index is 13.2. The van der Waals surface area contributed by atoms with E-state index in [1.807, 2.05) is 37.3 Å². The van der Waals surface area contributed by atoms with Crippen molar-refractivity contribution < 1.29 is 17.9 Å². The Morgan fingerprint density at radius 2 is 1.71 bits per heavy atom. The number of nitrogens with one attached hydrogen (secondary N) is 2. The van der Waals surface area contributed by atoms with E-state index in [0.717, 1.165) is 23.8 Å². The summed E-state index contributed by atoms with van der Waals surface area (Å²) in [6.45, 7) is 4.19. The first kappa shape index (κ1) is 21.3. The maximum Gasteiger partial charge on any atom is 0.241 e. The zero-order valence-corrected chi connectivity index (χ0v) is 18.4. The molecule has 0 saturated heterocycles. The molecular formula is C24H26N2O4S. The van der Waals surface area contributed by atoms with E-state index in [0.29, 0.717) is 23.4 Å². The summed E-state index contributed by atoms with van der Waals surface area (Å²) in [5.41, 5.74) is 1.52. The van der Waals surface area contributed by atoms with Crippen LogP contribution in [-0.4, -0.2) is 20.9 Å². The van der Waals surface area contributed by atoms with Crippen LogP contribution >= 0.6 is 0 Å². The van der Waals surface area contributed by atoms with Crippen LogP contribution in [0.25, 0.3) is 10.8 Å². The number of carbonyl (C=O) groups excluding carboxylic acids is 1. The first-order valence-corrected chi connectivity index (χ1v) is 11.9. The molecule has 1 amide bonds. The van der Waals surface area contributed by atoms with Crippen molar-refractivity contribution in [3.8, 4) is 5.75 Å². The normalized spacial score (nSPS) is 14.9. The molecule has 3 aromatic carbocycles. The van der Waals surface area contributed by atoms with Crippen LogP contribution < -0.4 is 14.8 Å². The molecule has 1 aliphatic rings. The molecule has 1 saturated carbocycles. The molecule has 0 aliphatic heterocycles. The number of benzene rings is 3. The van der Waals surface area contributed by atoms with Crippen LogP contribution in [-0.2, 0) is 14.8 Å². The zero-order valence-electron chi connectivity index (χ0n) is 17.6. The van der Waals surface area contributed by atoms with Gasteiger partial charge in [-0.1, -0.05) is 36.4 Å². The number of hydrogen-bond acceptors (Lipinski definition) is 4. The molecule has 7 heteroatoms.